The molecule has 3 aromatic rings. The van der Waals surface area contributed by atoms with E-state index in [1.165, 1.54) is 13.1 Å². The number of carboxylic acid groups (broad SMARTS) is 1. The third kappa shape index (κ3) is 2.95. The molecule has 0 bridgehead atoms. The first-order chi connectivity index (χ1) is 12.4. The maximum absolute atomic E-state index is 12.4. The van der Waals surface area contributed by atoms with Gasteiger partial charge in [0.25, 0.3) is 11.5 Å². The van der Waals surface area contributed by atoms with Crippen LogP contribution in [0.2, 0.25) is 0 Å². The molecule has 132 valence electrons. The van der Waals surface area contributed by atoms with E-state index >= 15 is 0 Å². The van der Waals surface area contributed by atoms with Gasteiger partial charge in [0.1, 0.15) is 17.9 Å². The van der Waals surface area contributed by atoms with E-state index in [4.69, 9.17) is 5.11 Å². The Hall–Kier alpha value is -3.82. The first-order valence-corrected chi connectivity index (χ1v) is 7.40. The summed E-state index contributed by atoms with van der Waals surface area (Å²) in [5.41, 5.74) is -0.286. The van der Waals surface area contributed by atoms with Crippen LogP contribution in [0.5, 0.6) is 5.75 Å². The van der Waals surface area contributed by atoms with Gasteiger partial charge in [-0.25, -0.2) is 0 Å². The number of rotatable bonds is 4. The fourth-order valence-electron chi connectivity index (χ4n) is 2.41. The third-order valence-electron chi connectivity index (χ3n) is 3.69. The summed E-state index contributed by atoms with van der Waals surface area (Å²) in [5.74, 6) is -2.86. The van der Waals surface area contributed by atoms with Crippen LogP contribution >= 0.6 is 0 Å². The number of aliphatic carboxylic acids is 1. The lowest BCUT2D eigenvalue weighted by Gasteiger charge is -2.11. The van der Waals surface area contributed by atoms with Gasteiger partial charge in [-0.15, -0.1) is 10.2 Å². The number of amides is 1. The molecule has 3 heterocycles. The molecule has 0 atom stereocenters. The van der Waals surface area contributed by atoms with E-state index in [2.05, 4.69) is 20.5 Å². The van der Waals surface area contributed by atoms with Crippen molar-refractivity contribution in [2.75, 3.05) is 6.54 Å². The number of carboxylic acids is 1. The van der Waals surface area contributed by atoms with Gasteiger partial charge in [-0.3, -0.25) is 23.9 Å². The average molecular weight is 355 g/mol. The molecular formula is C16H13N5O5. The molecule has 1 amide bonds. The lowest BCUT2D eigenvalue weighted by Crippen LogP contribution is -2.35. The van der Waals surface area contributed by atoms with Gasteiger partial charge < -0.3 is 15.5 Å². The molecule has 10 heteroatoms. The molecular weight excluding hydrogens is 342 g/mol. The van der Waals surface area contributed by atoms with E-state index in [9.17, 15) is 19.5 Å². The number of hydrogen-bond donors (Lipinski definition) is 3. The topological polar surface area (TPSA) is 147 Å². The molecule has 0 aliphatic heterocycles. The van der Waals surface area contributed by atoms with Gasteiger partial charge in [0.15, 0.2) is 5.65 Å². The number of fused-ring (bicyclic) bond motifs is 1. The van der Waals surface area contributed by atoms with Gasteiger partial charge in [-0.1, -0.05) is 0 Å². The van der Waals surface area contributed by atoms with Crippen molar-refractivity contribution in [2.45, 2.75) is 0 Å². The second kappa shape index (κ2) is 6.59. The maximum Gasteiger partial charge on any atom is 0.322 e. The Balaban J connectivity index is 2.19. The average Bonchev–Trinajstić information content (AvgIpc) is 2.65. The van der Waals surface area contributed by atoms with Gasteiger partial charge in [0.2, 0.25) is 0 Å². The fraction of sp³-hybridized carbons (Fsp3) is 0.125. The number of pyridine rings is 2. The first kappa shape index (κ1) is 17.0. The first-order valence-electron chi connectivity index (χ1n) is 7.40. The minimum absolute atomic E-state index is 0.0786. The normalized spacial score (nSPS) is 10.7. The Bertz CT molecular complexity index is 1080. The van der Waals surface area contributed by atoms with E-state index in [0.29, 0.717) is 11.3 Å². The molecule has 0 aliphatic carbocycles. The summed E-state index contributed by atoms with van der Waals surface area (Å²) >= 11 is 0. The van der Waals surface area contributed by atoms with Gasteiger partial charge in [0.05, 0.1) is 11.1 Å². The van der Waals surface area contributed by atoms with Gasteiger partial charge in [-0.05, 0) is 18.2 Å². The maximum atomic E-state index is 12.4. The standard InChI is InChI=1S/C16H13N5O5/c1-21-14-9(5-10(19-20-14)8-3-2-4-17-6-8)13(24)12(16(21)26)15(25)18-7-11(22)23/h2-6,24H,7H2,1H3,(H,18,25)(H,22,23). The Morgan fingerprint density at radius 1 is 1.31 bits per heavy atom. The Morgan fingerprint density at radius 2 is 2.08 bits per heavy atom. The molecule has 0 aromatic carbocycles. The van der Waals surface area contributed by atoms with Crippen LogP contribution in [0.15, 0.2) is 35.4 Å². The number of nitrogens with one attached hydrogen (secondary N) is 1. The van der Waals surface area contributed by atoms with Crippen molar-refractivity contribution < 1.29 is 19.8 Å². The molecule has 3 N–H and O–H groups in total. The summed E-state index contributed by atoms with van der Waals surface area (Å²) in [6.07, 6.45) is 3.14. The predicted octanol–water partition coefficient (Wildman–Crippen LogP) is -0.0895. The fourth-order valence-corrected chi connectivity index (χ4v) is 2.41. The molecule has 3 aromatic heterocycles. The van der Waals surface area contributed by atoms with E-state index in [1.807, 2.05) is 0 Å². The number of carbonyl (C=O) groups is 2. The lowest BCUT2D eigenvalue weighted by molar-refractivity contribution is -0.135. The van der Waals surface area contributed by atoms with E-state index in [-0.39, 0.29) is 11.0 Å². The summed E-state index contributed by atoms with van der Waals surface area (Å²) in [6.45, 7) is -0.686. The van der Waals surface area contributed by atoms with E-state index < -0.39 is 35.3 Å². The Morgan fingerprint density at radius 3 is 2.73 bits per heavy atom. The molecule has 0 fully saturated rings. The summed E-state index contributed by atoms with van der Waals surface area (Å²) in [4.78, 5) is 39.1. The highest BCUT2D eigenvalue weighted by Crippen LogP contribution is 2.27. The molecule has 0 spiro atoms. The highest BCUT2D eigenvalue weighted by molar-refractivity contribution is 6.02. The van der Waals surface area contributed by atoms with Crippen LogP contribution in [-0.2, 0) is 11.8 Å². The smallest absolute Gasteiger partial charge is 0.322 e. The van der Waals surface area contributed by atoms with E-state index in [0.717, 1.165) is 4.57 Å². The summed E-state index contributed by atoms with van der Waals surface area (Å²) in [6, 6.07) is 4.91. The lowest BCUT2D eigenvalue weighted by atomic mass is 10.1. The molecule has 0 radical (unpaired) electrons. The van der Waals surface area contributed by atoms with Crippen molar-refractivity contribution in [3.63, 3.8) is 0 Å². The number of carbonyl (C=O) groups excluding carboxylic acids is 1. The SMILES string of the molecule is Cn1c(=O)c(C(=O)NCC(=O)O)c(O)c2cc(-c3cccnc3)nnc21. The van der Waals surface area contributed by atoms with Crippen LogP contribution in [0.25, 0.3) is 22.3 Å². The number of aryl methyl sites for hydroxylation is 1. The van der Waals surface area contributed by atoms with Gasteiger partial charge in [0, 0.05) is 25.0 Å². The number of nitrogens with zero attached hydrogens (tertiary/aromatic N) is 4. The van der Waals surface area contributed by atoms with Crippen LogP contribution in [0.1, 0.15) is 10.4 Å². The highest BCUT2D eigenvalue weighted by atomic mass is 16.4. The Kier molecular flexibility index (Phi) is 4.31. The zero-order valence-corrected chi connectivity index (χ0v) is 13.5. The van der Waals surface area contributed by atoms with Crippen LogP contribution in [-0.4, -0.2) is 48.4 Å². The second-order valence-corrected chi connectivity index (χ2v) is 5.37. The molecule has 3 rings (SSSR count). The second-order valence-electron chi connectivity index (χ2n) is 5.37. The summed E-state index contributed by atoms with van der Waals surface area (Å²) in [5, 5.41) is 29.3. The highest BCUT2D eigenvalue weighted by Gasteiger charge is 2.23. The van der Waals surface area contributed by atoms with Crippen molar-refractivity contribution >= 4 is 22.9 Å². The third-order valence-corrected chi connectivity index (χ3v) is 3.69. The van der Waals surface area contributed by atoms with Crippen LogP contribution < -0.4 is 10.9 Å². The minimum atomic E-state index is -1.28. The monoisotopic (exact) mass is 355 g/mol. The van der Waals surface area contributed by atoms with Crippen molar-refractivity contribution in [3.05, 3.63) is 46.5 Å². The quantitative estimate of drug-likeness (QED) is 0.588. The van der Waals surface area contributed by atoms with Crippen molar-refractivity contribution in [1.82, 2.24) is 25.1 Å². The van der Waals surface area contributed by atoms with Crippen LogP contribution in [0.3, 0.4) is 0 Å². The van der Waals surface area contributed by atoms with Crippen molar-refractivity contribution in [2.24, 2.45) is 7.05 Å². The molecule has 0 saturated carbocycles. The zero-order chi connectivity index (χ0) is 18.8. The summed E-state index contributed by atoms with van der Waals surface area (Å²) in [7, 11) is 1.37. The predicted molar refractivity (Wildman–Crippen MR) is 89.6 cm³/mol. The Labute approximate surface area is 145 Å². The molecule has 0 saturated heterocycles. The molecule has 0 aliphatic rings. The molecule has 0 unspecified atom stereocenters. The number of aromatic hydroxyl groups is 1. The summed E-state index contributed by atoms with van der Waals surface area (Å²) < 4.78 is 1.06. The van der Waals surface area contributed by atoms with Gasteiger partial charge >= 0.3 is 5.97 Å². The molecule has 10 nitrogen and oxygen atoms in total. The van der Waals surface area contributed by atoms with Crippen LogP contribution in [0.4, 0.5) is 0 Å². The van der Waals surface area contributed by atoms with E-state index in [1.54, 1.807) is 24.5 Å². The largest absolute Gasteiger partial charge is 0.506 e. The van der Waals surface area contributed by atoms with Gasteiger partial charge in [-0.2, -0.15) is 0 Å². The molecule has 26 heavy (non-hydrogen) atoms. The zero-order valence-electron chi connectivity index (χ0n) is 13.5. The minimum Gasteiger partial charge on any atom is -0.506 e. The number of aromatic nitrogens is 4. The van der Waals surface area contributed by atoms with Crippen molar-refractivity contribution in [1.29, 1.82) is 0 Å². The van der Waals surface area contributed by atoms with Crippen LogP contribution in [0, 0.1) is 0 Å². The number of hydrogen-bond acceptors (Lipinski definition) is 7. The van der Waals surface area contributed by atoms with Crippen molar-refractivity contribution in [3.8, 4) is 17.0 Å².